The fourth-order valence-electron chi connectivity index (χ4n) is 4.15. The van der Waals surface area contributed by atoms with E-state index in [-0.39, 0.29) is 6.10 Å². The maximum absolute atomic E-state index is 9.75. The lowest BCUT2D eigenvalue weighted by Crippen LogP contribution is -2.38. The molecule has 1 aliphatic heterocycles. The number of rotatable bonds is 7. The molecule has 2 heterocycles. The number of fused-ring (bicyclic) bond motifs is 1. The summed E-state index contributed by atoms with van der Waals surface area (Å²) < 4.78 is 5.37. The standard InChI is InChI=1S/C21H30N2O2/c1-15(24)12-18-14-22-10-8-16(18)4-3-5-17-9-11-23-21-7-6-19(25-2)13-20(17)21/h6-7,9,11,13,15-16,18,22,24H,3-5,8,10,12,14H2,1-2H3. The quantitative estimate of drug-likeness (QED) is 0.808. The second-order valence-corrected chi connectivity index (χ2v) is 7.34. The van der Waals surface area contributed by atoms with Crippen LogP contribution >= 0.6 is 0 Å². The van der Waals surface area contributed by atoms with Crippen LogP contribution < -0.4 is 10.1 Å². The van der Waals surface area contributed by atoms with Crippen molar-refractivity contribution >= 4 is 10.9 Å². The van der Waals surface area contributed by atoms with Crippen LogP contribution in [-0.4, -0.2) is 36.4 Å². The molecule has 4 nitrogen and oxygen atoms in total. The van der Waals surface area contributed by atoms with Gasteiger partial charge in [-0.15, -0.1) is 0 Å². The lowest BCUT2D eigenvalue weighted by Gasteiger charge is -2.33. The van der Waals surface area contributed by atoms with Crippen molar-refractivity contribution in [2.24, 2.45) is 11.8 Å². The molecule has 1 fully saturated rings. The summed E-state index contributed by atoms with van der Waals surface area (Å²) in [5, 5.41) is 14.4. The van der Waals surface area contributed by atoms with Crippen molar-refractivity contribution in [2.75, 3.05) is 20.2 Å². The average molecular weight is 342 g/mol. The van der Waals surface area contributed by atoms with Gasteiger partial charge in [0.1, 0.15) is 5.75 Å². The first-order valence-corrected chi connectivity index (χ1v) is 9.48. The van der Waals surface area contributed by atoms with Crippen molar-refractivity contribution in [3.8, 4) is 5.75 Å². The number of aliphatic hydroxyl groups is 1. The predicted molar refractivity (Wildman–Crippen MR) is 102 cm³/mol. The Morgan fingerprint density at radius 3 is 3.00 bits per heavy atom. The maximum atomic E-state index is 9.75. The monoisotopic (exact) mass is 342 g/mol. The topological polar surface area (TPSA) is 54.4 Å². The fraction of sp³-hybridized carbons (Fsp3) is 0.571. The number of piperidine rings is 1. The number of aromatic nitrogens is 1. The number of hydrogen-bond acceptors (Lipinski definition) is 4. The van der Waals surface area contributed by atoms with Crippen molar-refractivity contribution in [2.45, 2.75) is 45.1 Å². The number of nitrogens with one attached hydrogen (secondary N) is 1. The van der Waals surface area contributed by atoms with Gasteiger partial charge in [-0.2, -0.15) is 0 Å². The van der Waals surface area contributed by atoms with Crippen LogP contribution in [0.1, 0.15) is 38.2 Å². The van der Waals surface area contributed by atoms with Gasteiger partial charge >= 0.3 is 0 Å². The second-order valence-electron chi connectivity index (χ2n) is 7.34. The van der Waals surface area contributed by atoms with Gasteiger partial charge in [-0.05, 0) is 93.8 Å². The number of aliphatic hydroxyl groups excluding tert-OH is 1. The Morgan fingerprint density at radius 2 is 2.20 bits per heavy atom. The molecule has 3 atom stereocenters. The van der Waals surface area contributed by atoms with E-state index < -0.39 is 0 Å². The summed E-state index contributed by atoms with van der Waals surface area (Å²) in [6.07, 6.45) is 7.31. The van der Waals surface area contributed by atoms with Crippen LogP contribution in [0.4, 0.5) is 0 Å². The van der Waals surface area contributed by atoms with E-state index in [2.05, 4.69) is 22.4 Å². The lowest BCUT2D eigenvalue weighted by molar-refractivity contribution is 0.120. The number of aryl methyl sites for hydroxylation is 1. The molecular weight excluding hydrogens is 312 g/mol. The molecule has 0 aliphatic carbocycles. The number of nitrogens with zero attached hydrogens (tertiary/aromatic N) is 1. The largest absolute Gasteiger partial charge is 0.497 e. The molecular formula is C21H30N2O2. The van der Waals surface area contributed by atoms with Crippen LogP contribution in [0.15, 0.2) is 30.5 Å². The van der Waals surface area contributed by atoms with Gasteiger partial charge in [-0.1, -0.05) is 0 Å². The van der Waals surface area contributed by atoms with Crippen molar-refractivity contribution in [3.63, 3.8) is 0 Å². The van der Waals surface area contributed by atoms with Crippen LogP contribution in [0.25, 0.3) is 10.9 Å². The highest BCUT2D eigenvalue weighted by molar-refractivity contribution is 5.83. The molecule has 136 valence electrons. The van der Waals surface area contributed by atoms with Gasteiger partial charge in [0, 0.05) is 11.6 Å². The smallest absolute Gasteiger partial charge is 0.119 e. The van der Waals surface area contributed by atoms with E-state index in [1.54, 1.807) is 7.11 Å². The Bertz CT molecular complexity index is 687. The summed E-state index contributed by atoms with van der Waals surface area (Å²) in [6.45, 7) is 4.06. The lowest BCUT2D eigenvalue weighted by atomic mass is 9.79. The second kappa shape index (κ2) is 8.63. The van der Waals surface area contributed by atoms with Crippen LogP contribution in [-0.2, 0) is 6.42 Å². The molecule has 0 saturated carbocycles. The van der Waals surface area contributed by atoms with Gasteiger partial charge in [-0.25, -0.2) is 0 Å². The summed E-state index contributed by atoms with van der Waals surface area (Å²) in [5.41, 5.74) is 2.39. The highest BCUT2D eigenvalue weighted by atomic mass is 16.5. The summed E-state index contributed by atoms with van der Waals surface area (Å²) in [7, 11) is 1.70. The zero-order chi connectivity index (χ0) is 17.6. The minimum absolute atomic E-state index is 0.205. The molecule has 0 spiro atoms. The molecule has 1 aliphatic rings. The van der Waals surface area contributed by atoms with E-state index in [1.807, 2.05) is 25.3 Å². The first-order valence-electron chi connectivity index (χ1n) is 9.48. The van der Waals surface area contributed by atoms with E-state index in [0.29, 0.717) is 5.92 Å². The molecule has 0 bridgehead atoms. The van der Waals surface area contributed by atoms with Gasteiger partial charge in [0.15, 0.2) is 0 Å². The maximum Gasteiger partial charge on any atom is 0.119 e. The van der Waals surface area contributed by atoms with Crippen LogP contribution in [0.2, 0.25) is 0 Å². The molecule has 25 heavy (non-hydrogen) atoms. The SMILES string of the molecule is COc1ccc2nccc(CCCC3CCNCC3CC(C)O)c2c1. The number of benzene rings is 1. The van der Waals surface area contributed by atoms with Gasteiger partial charge in [0.2, 0.25) is 0 Å². The normalized spacial score (nSPS) is 22.0. The van der Waals surface area contributed by atoms with Crippen LogP contribution in [0.5, 0.6) is 5.75 Å². The summed E-state index contributed by atoms with van der Waals surface area (Å²) in [6, 6.07) is 8.23. The molecule has 0 radical (unpaired) electrons. The van der Waals surface area contributed by atoms with Crippen molar-refractivity contribution in [1.82, 2.24) is 10.3 Å². The Morgan fingerprint density at radius 1 is 1.32 bits per heavy atom. The van der Waals surface area contributed by atoms with Crippen LogP contribution in [0.3, 0.4) is 0 Å². The fourth-order valence-corrected chi connectivity index (χ4v) is 4.15. The molecule has 0 amide bonds. The summed E-state index contributed by atoms with van der Waals surface area (Å²) in [5.74, 6) is 2.21. The molecule has 3 unspecified atom stereocenters. The van der Waals surface area contributed by atoms with E-state index >= 15 is 0 Å². The number of ether oxygens (including phenoxy) is 1. The zero-order valence-corrected chi connectivity index (χ0v) is 15.4. The van der Waals surface area contributed by atoms with Crippen LogP contribution in [0, 0.1) is 11.8 Å². The minimum Gasteiger partial charge on any atom is -0.497 e. The van der Waals surface area contributed by atoms with Gasteiger partial charge < -0.3 is 15.2 Å². The molecule has 3 rings (SSSR count). The van der Waals surface area contributed by atoms with E-state index in [4.69, 9.17) is 4.74 Å². The Balaban J connectivity index is 1.64. The molecule has 1 aromatic heterocycles. The Hall–Kier alpha value is -1.65. The third-order valence-corrected chi connectivity index (χ3v) is 5.47. The summed E-state index contributed by atoms with van der Waals surface area (Å²) >= 11 is 0. The first-order chi connectivity index (χ1) is 12.2. The zero-order valence-electron chi connectivity index (χ0n) is 15.4. The van der Waals surface area contributed by atoms with E-state index in [9.17, 15) is 5.11 Å². The molecule has 1 saturated heterocycles. The Kier molecular flexibility index (Phi) is 6.27. The molecule has 2 N–H and O–H groups in total. The van der Waals surface area contributed by atoms with E-state index in [1.165, 1.54) is 30.2 Å². The van der Waals surface area contributed by atoms with Crippen molar-refractivity contribution < 1.29 is 9.84 Å². The number of pyridine rings is 1. The first kappa shape index (κ1) is 18.2. The van der Waals surface area contributed by atoms with Gasteiger partial charge in [0.05, 0.1) is 18.7 Å². The number of methoxy groups -OCH3 is 1. The van der Waals surface area contributed by atoms with Crippen molar-refractivity contribution in [3.05, 3.63) is 36.0 Å². The highest BCUT2D eigenvalue weighted by Crippen LogP contribution is 2.29. The molecule has 4 heteroatoms. The predicted octanol–water partition coefficient (Wildman–Crippen LogP) is 3.56. The van der Waals surface area contributed by atoms with Gasteiger partial charge in [-0.3, -0.25) is 4.98 Å². The average Bonchev–Trinajstić information content (AvgIpc) is 2.62. The van der Waals surface area contributed by atoms with Crippen molar-refractivity contribution in [1.29, 1.82) is 0 Å². The van der Waals surface area contributed by atoms with E-state index in [0.717, 1.165) is 43.1 Å². The molecule has 1 aromatic carbocycles. The Labute approximate surface area is 150 Å². The molecule has 2 aromatic rings. The minimum atomic E-state index is -0.205. The third kappa shape index (κ3) is 4.71. The summed E-state index contributed by atoms with van der Waals surface area (Å²) in [4.78, 5) is 4.47. The van der Waals surface area contributed by atoms with Gasteiger partial charge in [0.25, 0.3) is 0 Å². The third-order valence-electron chi connectivity index (χ3n) is 5.47. The highest BCUT2D eigenvalue weighted by Gasteiger charge is 2.25. The number of hydrogen-bond donors (Lipinski definition) is 2.